The Kier molecular flexibility index (Phi) is 5.64. The van der Waals surface area contributed by atoms with Gasteiger partial charge in [-0.25, -0.2) is 9.50 Å². The summed E-state index contributed by atoms with van der Waals surface area (Å²) in [6.07, 6.45) is -1.85. The number of likely N-dealkylation sites (tertiary alicyclic amines) is 1. The predicted octanol–water partition coefficient (Wildman–Crippen LogP) is 4.50. The van der Waals surface area contributed by atoms with Crippen LogP contribution in [0.5, 0.6) is 0 Å². The molecule has 1 aliphatic carbocycles. The molecule has 3 N–H and O–H groups in total. The Morgan fingerprint density at radius 2 is 1.84 bits per heavy atom. The smallest absolute Gasteiger partial charge is 0.370 e. The molecule has 2 aliphatic rings. The first-order valence-corrected chi connectivity index (χ1v) is 11.1. The number of hydrogen-bond acceptors (Lipinski definition) is 3. The van der Waals surface area contributed by atoms with Gasteiger partial charge in [0.15, 0.2) is 11.6 Å². The maximum Gasteiger partial charge on any atom is 0.391 e. The van der Waals surface area contributed by atoms with Crippen LogP contribution < -0.4 is 5.73 Å². The highest BCUT2D eigenvalue weighted by molar-refractivity contribution is 5.74. The highest BCUT2D eigenvalue weighted by Gasteiger charge is 2.42. The Morgan fingerprint density at radius 3 is 2.45 bits per heavy atom. The summed E-state index contributed by atoms with van der Waals surface area (Å²) in [7, 11) is 0. The summed E-state index contributed by atoms with van der Waals surface area (Å²) in [5, 5.41) is 12.7. The molecule has 0 radical (unpaired) electrons. The summed E-state index contributed by atoms with van der Waals surface area (Å²) >= 11 is 0. The van der Waals surface area contributed by atoms with Crippen LogP contribution in [0.25, 0.3) is 5.65 Å². The lowest BCUT2D eigenvalue weighted by atomic mass is 9.80. The van der Waals surface area contributed by atoms with Gasteiger partial charge in [-0.2, -0.15) is 18.3 Å². The lowest BCUT2D eigenvalue weighted by molar-refractivity contribution is -0.182. The van der Waals surface area contributed by atoms with E-state index in [2.05, 4.69) is 6.92 Å². The molecule has 0 bridgehead atoms. The lowest BCUT2D eigenvalue weighted by Gasteiger charge is -2.38. The molecule has 2 fully saturated rings. The second-order valence-electron chi connectivity index (χ2n) is 9.34. The zero-order valence-electron chi connectivity index (χ0n) is 18.3. The highest BCUT2D eigenvalue weighted by atomic mass is 19.4. The van der Waals surface area contributed by atoms with E-state index < -0.39 is 12.1 Å². The lowest BCUT2D eigenvalue weighted by Crippen LogP contribution is -2.45. The first-order chi connectivity index (χ1) is 14.6. The number of nitrogens with zero attached hydrogens (tertiary/aromatic N) is 4. The quantitative estimate of drug-likeness (QED) is 0.536. The van der Waals surface area contributed by atoms with Crippen LogP contribution in [-0.2, 0) is 0 Å². The second-order valence-corrected chi connectivity index (χ2v) is 9.34. The van der Waals surface area contributed by atoms with Gasteiger partial charge >= 0.3 is 6.18 Å². The second kappa shape index (κ2) is 7.98. The fourth-order valence-corrected chi connectivity index (χ4v) is 5.24. The zero-order chi connectivity index (χ0) is 22.5. The third-order valence-electron chi connectivity index (χ3n) is 7.41. The number of nitrogens with two attached hydrogens (primary N) is 1. The molecule has 3 heterocycles. The van der Waals surface area contributed by atoms with Crippen molar-refractivity contribution in [2.24, 2.45) is 17.6 Å². The van der Waals surface area contributed by atoms with Crippen LogP contribution in [-0.4, -0.2) is 44.7 Å². The average molecular weight is 437 g/mol. The topological polar surface area (TPSA) is 83.3 Å². The van der Waals surface area contributed by atoms with Crippen molar-refractivity contribution in [3.63, 3.8) is 0 Å². The van der Waals surface area contributed by atoms with Gasteiger partial charge in [0, 0.05) is 36.7 Å². The molecule has 170 valence electrons. The monoisotopic (exact) mass is 436 g/mol. The van der Waals surface area contributed by atoms with E-state index in [1.54, 1.807) is 0 Å². The van der Waals surface area contributed by atoms with E-state index >= 15 is 0 Å². The summed E-state index contributed by atoms with van der Waals surface area (Å²) in [6.45, 7) is 7.67. The number of halogens is 3. The van der Waals surface area contributed by atoms with Gasteiger partial charge in [-0.15, -0.1) is 0 Å². The number of aromatic nitrogens is 3. The molecular formula is C22H31F3N6. The van der Waals surface area contributed by atoms with Crippen molar-refractivity contribution in [2.75, 3.05) is 13.1 Å². The number of hydrogen-bond donors (Lipinski definition) is 2. The van der Waals surface area contributed by atoms with E-state index in [0.717, 1.165) is 41.3 Å². The van der Waals surface area contributed by atoms with Gasteiger partial charge in [0.25, 0.3) is 0 Å². The van der Waals surface area contributed by atoms with Gasteiger partial charge in [0.1, 0.15) is 0 Å². The van der Waals surface area contributed by atoms with Crippen molar-refractivity contribution < 1.29 is 13.2 Å². The fourth-order valence-electron chi connectivity index (χ4n) is 5.24. The Morgan fingerprint density at radius 1 is 1.16 bits per heavy atom. The van der Waals surface area contributed by atoms with Gasteiger partial charge in [-0.05, 0) is 57.4 Å². The van der Waals surface area contributed by atoms with Gasteiger partial charge in [0.2, 0.25) is 0 Å². The van der Waals surface area contributed by atoms with Crippen LogP contribution in [0.15, 0.2) is 6.07 Å². The molecule has 2 atom stereocenters. The molecule has 0 unspecified atom stereocenters. The average Bonchev–Trinajstić information content (AvgIpc) is 3.12. The number of nitrogens with one attached hydrogen (secondary N) is 1. The molecule has 0 spiro atoms. The Hall–Kier alpha value is -2.32. The van der Waals surface area contributed by atoms with E-state index in [4.69, 9.17) is 21.2 Å². The van der Waals surface area contributed by atoms with Crippen LogP contribution in [0.4, 0.5) is 13.2 Å². The Bertz CT molecular complexity index is 974. The van der Waals surface area contributed by atoms with E-state index in [-0.39, 0.29) is 30.6 Å². The van der Waals surface area contributed by atoms with E-state index in [9.17, 15) is 13.2 Å². The van der Waals surface area contributed by atoms with Crippen LogP contribution >= 0.6 is 0 Å². The highest BCUT2D eigenvalue weighted by Crippen LogP contribution is 2.43. The molecule has 0 aromatic carbocycles. The molecule has 1 saturated heterocycles. The van der Waals surface area contributed by atoms with E-state index in [1.165, 1.54) is 0 Å². The third-order valence-corrected chi connectivity index (χ3v) is 7.41. The summed E-state index contributed by atoms with van der Waals surface area (Å²) < 4.78 is 41.1. The van der Waals surface area contributed by atoms with E-state index in [0.29, 0.717) is 25.3 Å². The predicted molar refractivity (Wildman–Crippen MR) is 113 cm³/mol. The normalized spacial score (nSPS) is 27.6. The molecule has 1 aliphatic heterocycles. The Labute approximate surface area is 180 Å². The fraction of sp³-hybridized carbons (Fsp3) is 0.682. The molecule has 1 saturated carbocycles. The molecular weight excluding hydrogens is 405 g/mol. The Balaban J connectivity index is 1.68. The van der Waals surface area contributed by atoms with Gasteiger partial charge < -0.3 is 10.6 Å². The van der Waals surface area contributed by atoms with Crippen LogP contribution in [0.1, 0.15) is 73.5 Å². The summed E-state index contributed by atoms with van der Waals surface area (Å²) in [5.74, 6) is -0.533. The number of rotatable bonds is 2. The minimum absolute atomic E-state index is 0.0336. The largest absolute Gasteiger partial charge is 0.391 e. The summed E-state index contributed by atoms with van der Waals surface area (Å²) in [6, 6.07) is 1.95. The SMILES string of the molecule is Cc1nc2cc(C3CCC(C(F)(F)F)CC3)nn2c([C@H]2CN(C(=N)N)CC[C@H]2C)c1C. The van der Waals surface area contributed by atoms with Gasteiger partial charge in [-0.3, -0.25) is 5.41 Å². The zero-order valence-corrected chi connectivity index (χ0v) is 18.3. The number of aryl methyl sites for hydroxylation is 1. The van der Waals surface area contributed by atoms with Gasteiger partial charge in [0.05, 0.1) is 17.3 Å². The van der Waals surface area contributed by atoms with E-state index in [1.807, 2.05) is 29.3 Å². The molecule has 31 heavy (non-hydrogen) atoms. The third kappa shape index (κ3) is 4.11. The molecule has 6 nitrogen and oxygen atoms in total. The molecule has 2 aromatic rings. The first-order valence-electron chi connectivity index (χ1n) is 11.1. The molecule has 4 rings (SSSR count). The standard InChI is InChI=1S/C22H31F3N6/c1-12-8-9-30(21(26)27)11-17(12)20-13(2)14(3)28-19-10-18(29-31(19)20)15-4-6-16(7-5-15)22(23,24)25/h10,12,15-17H,4-9,11H2,1-3H3,(H3,26,27)/t12-,15?,16?,17+/m1/s1. The first kappa shape index (κ1) is 21.9. The van der Waals surface area contributed by atoms with Crippen molar-refractivity contribution in [3.05, 3.63) is 28.7 Å². The summed E-state index contributed by atoms with van der Waals surface area (Å²) in [5.41, 5.74) is 10.4. The number of piperidine rings is 1. The van der Waals surface area contributed by atoms with Crippen LogP contribution in [0.2, 0.25) is 0 Å². The number of guanidine groups is 1. The maximum atomic E-state index is 13.1. The van der Waals surface area contributed by atoms with Crippen LogP contribution in [0.3, 0.4) is 0 Å². The molecule has 9 heteroatoms. The minimum atomic E-state index is -4.10. The van der Waals surface area contributed by atoms with Crippen molar-refractivity contribution >= 4 is 11.6 Å². The number of fused-ring (bicyclic) bond motifs is 1. The number of alkyl halides is 3. The minimum Gasteiger partial charge on any atom is -0.370 e. The summed E-state index contributed by atoms with van der Waals surface area (Å²) in [4.78, 5) is 6.62. The molecule has 0 amide bonds. The maximum absolute atomic E-state index is 13.1. The van der Waals surface area contributed by atoms with Crippen molar-refractivity contribution in [2.45, 2.75) is 70.9 Å². The molecule has 2 aromatic heterocycles. The van der Waals surface area contributed by atoms with Crippen molar-refractivity contribution in [1.82, 2.24) is 19.5 Å². The van der Waals surface area contributed by atoms with Crippen molar-refractivity contribution in [3.8, 4) is 0 Å². The van der Waals surface area contributed by atoms with Crippen molar-refractivity contribution in [1.29, 1.82) is 5.41 Å². The van der Waals surface area contributed by atoms with Crippen LogP contribution in [0, 0.1) is 31.1 Å². The van der Waals surface area contributed by atoms with Gasteiger partial charge in [-0.1, -0.05) is 6.92 Å².